The Kier molecular flexibility index (Phi) is 3.36. The fourth-order valence-electron chi connectivity index (χ4n) is 1.10. The van der Waals surface area contributed by atoms with E-state index in [9.17, 15) is 14.0 Å². The van der Waals surface area contributed by atoms with E-state index in [-0.39, 0.29) is 11.3 Å². The molecule has 0 bridgehead atoms. The van der Waals surface area contributed by atoms with Gasteiger partial charge >= 0.3 is 0 Å². The van der Waals surface area contributed by atoms with Crippen LogP contribution in [0.25, 0.3) is 0 Å². The molecule has 0 spiro atoms. The van der Waals surface area contributed by atoms with Crippen LogP contribution in [0.5, 0.6) is 0 Å². The molecule has 74 valence electrons. The maximum absolute atomic E-state index is 12.7. The predicted molar refractivity (Wildman–Crippen MR) is 51.1 cm³/mol. The minimum atomic E-state index is -0.893. The summed E-state index contributed by atoms with van der Waals surface area (Å²) in [5.74, 6) is -0.801. The summed E-state index contributed by atoms with van der Waals surface area (Å²) in [6, 6.07) is 3.57. The molecule has 0 N–H and O–H groups in total. The van der Waals surface area contributed by atoms with E-state index in [1.54, 1.807) is 0 Å². The number of Topliss-reactive ketones (excluding diaryl/α,β-unsaturated/α-hetero) is 1. The Morgan fingerprint density at radius 1 is 1.57 bits per heavy atom. The van der Waals surface area contributed by atoms with Crippen LogP contribution in [0.4, 0.5) is 4.39 Å². The van der Waals surface area contributed by atoms with E-state index in [4.69, 9.17) is 11.6 Å². The average molecular weight is 215 g/mol. The lowest BCUT2D eigenvalue weighted by Crippen LogP contribution is -2.05. The van der Waals surface area contributed by atoms with Gasteiger partial charge in [0.25, 0.3) is 0 Å². The number of rotatable bonds is 3. The van der Waals surface area contributed by atoms with Gasteiger partial charge in [-0.3, -0.25) is 9.59 Å². The topological polar surface area (TPSA) is 34.1 Å². The summed E-state index contributed by atoms with van der Waals surface area (Å²) in [5.41, 5.74) is 0.454. The summed E-state index contributed by atoms with van der Waals surface area (Å²) in [4.78, 5) is 21.5. The van der Waals surface area contributed by atoms with Crippen molar-refractivity contribution in [2.45, 2.75) is 12.3 Å². The number of benzene rings is 1. The summed E-state index contributed by atoms with van der Waals surface area (Å²) in [7, 11) is 0. The van der Waals surface area contributed by atoms with Crippen molar-refractivity contribution in [1.82, 2.24) is 0 Å². The van der Waals surface area contributed by atoms with Gasteiger partial charge in [0, 0.05) is 5.56 Å². The van der Waals surface area contributed by atoms with Gasteiger partial charge in [0.2, 0.25) is 0 Å². The van der Waals surface area contributed by atoms with Gasteiger partial charge in [0.1, 0.15) is 11.2 Å². The van der Waals surface area contributed by atoms with Gasteiger partial charge in [0.15, 0.2) is 12.1 Å². The Morgan fingerprint density at radius 2 is 2.21 bits per heavy atom. The zero-order valence-corrected chi connectivity index (χ0v) is 8.22. The van der Waals surface area contributed by atoms with Crippen LogP contribution in [0, 0.1) is 5.82 Å². The van der Waals surface area contributed by atoms with Crippen LogP contribution < -0.4 is 0 Å². The van der Waals surface area contributed by atoms with Crippen LogP contribution in [0.15, 0.2) is 18.2 Å². The lowest BCUT2D eigenvalue weighted by atomic mass is 10.0. The molecule has 1 atom stereocenters. The van der Waals surface area contributed by atoms with E-state index in [2.05, 4.69) is 0 Å². The van der Waals surface area contributed by atoms with Crippen molar-refractivity contribution in [3.63, 3.8) is 0 Å². The maximum atomic E-state index is 12.7. The molecule has 0 radical (unpaired) electrons. The number of carbonyl (C=O) groups excluding carboxylic acids is 2. The van der Waals surface area contributed by atoms with Gasteiger partial charge in [-0.2, -0.15) is 0 Å². The van der Waals surface area contributed by atoms with Crippen molar-refractivity contribution >= 4 is 23.7 Å². The van der Waals surface area contributed by atoms with E-state index < -0.39 is 11.2 Å². The largest absolute Gasteiger partial charge is 0.298 e. The highest BCUT2D eigenvalue weighted by Crippen LogP contribution is 2.24. The van der Waals surface area contributed by atoms with Gasteiger partial charge in [-0.1, -0.05) is 6.07 Å². The molecule has 0 saturated heterocycles. The smallest absolute Gasteiger partial charge is 0.152 e. The average Bonchev–Trinajstić information content (AvgIpc) is 2.16. The zero-order chi connectivity index (χ0) is 10.7. The fourth-order valence-corrected chi connectivity index (χ4v) is 1.30. The molecule has 0 aromatic heterocycles. The van der Waals surface area contributed by atoms with E-state index in [1.165, 1.54) is 19.1 Å². The first-order valence-corrected chi connectivity index (χ1v) is 4.39. The molecule has 0 fully saturated rings. The number of aldehydes is 1. The van der Waals surface area contributed by atoms with Gasteiger partial charge in [-0.25, -0.2) is 4.39 Å². The molecule has 2 nitrogen and oxygen atoms in total. The third kappa shape index (κ3) is 2.17. The number of carbonyl (C=O) groups is 2. The van der Waals surface area contributed by atoms with Gasteiger partial charge < -0.3 is 0 Å². The first-order chi connectivity index (χ1) is 6.56. The monoisotopic (exact) mass is 214 g/mol. The highest BCUT2D eigenvalue weighted by Gasteiger charge is 2.16. The van der Waals surface area contributed by atoms with Gasteiger partial charge in [-0.15, -0.1) is 11.6 Å². The normalized spacial score (nSPS) is 12.2. The molecule has 0 heterocycles. The lowest BCUT2D eigenvalue weighted by Gasteiger charge is -2.08. The molecular formula is C10H8ClFO2. The van der Waals surface area contributed by atoms with Crippen LogP contribution in [-0.4, -0.2) is 12.1 Å². The molecule has 0 saturated carbocycles. The first-order valence-electron chi connectivity index (χ1n) is 3.95. The Bertz CT molecular complexity index is 376. The highest BCUT2D eigenvalue weighted by molar-refractivity contribution is 6.31. The molecule has 1 aromatic rings. The number of hydrogen-bond acceptors (Lipinski definition) is 2. The second-order valence-electron chi connectivity index (χ2n) is 2.86. The molecule has 0 amide bonds. The molecule has 0 aliphatic carbocycles. The van der Waals surface area contributed by atoms with E-state index in [1.807, 2.05) is 0 Å². The molecule has 14 heavy (non-hydrogen) atoms. The van der Waals surface area contributed by atoms with Crippen molar-refractivity contribution in [2.75, 3.05) is 0 Å². The molecule has 1 aromatic carbocycles. The predicted octanol–water partition coefficient (Wildman–Crippen LogP) is 2.51. The van der Waals surface area contributed by atoms with Crippen LogP contribution >= 0.6 is 11.6 Å². The third-order valence-electron chi connectivity index (χ3n) is 1.81. The Morgan fingerprint density at radius 3 is 2.71 bits per heavy atom. The van der Waals surface area contributed by atoms with Crippen LogP contribution in [0.3, 0.4) is 0 Å². The summed E-state index contributed by atoms with van der Waals surface area (Å²) in [5, 5.41) is -0.893. The molecular weight excluding hydrogens is 207 g/mol. The SMILES string of the molecule is CC(=O)C(Cl)c1ccc(F)cc1C=O. The minimum Gasteiger partial charge on any atom is -0.298 e. The second kappa shape index (κ2) is 4.33. The quantitative estimate of drug-likeness (QED) is 0.572. The molecule has 1 unspecified atom stereocenters. The van der Waals surface area contributed by atoms with Gasteiger partial charge in [-0.05, 0) is 24.6 Å². The summed E-state index contributed by atoms with van der Waals surface area (Å²) in [6.07, 6.45) is 0.483. The van der Waals surface area contributed by atoms with Gasteiger partial charge in [0.05, 0.1) is 0 Å². The first kappa shape index (κ1) is 10.9. The van der Waals surface area contributed by atoms with E-state index >= 15 is 0 Å². The summed E-state index contributed by atoms with van der Waals surface area (Å²) >= 11 is 5.75. The van der Waals surface area contributed by atoms with Crippen molar-refractivity contribution < 1.29 is 14.0 Å². The van der Waals surface area contributed by atoms with Crippen LogP contribution in [-0.2, 0) is 4.79 Å². The van der Waals surface area contributed by atoms with Crippen molar-refractivity contribution in [3.8, 4) is 0 Å². The van der Waals surface area contributed by atoms with E-state index in [0.717, 1.165) is 6.07 Å². The number of hydrogen-bond donors (Lipinski definition) is 0. The molecule has 0 aliphatic rings. The molecule has 1 rings (SSSR count). The number of halogens is 2. The summed E-state index contributed by atoms with van der Waals surface area (Å²) in [6.45, 7) is 1.32. The molecule has 0 aliphatic heterocycles. The van der Waals surface area contributed by atoms with Crippen LogP contribution in [0.2, 0.25) is 0 Å². The Hall–Kier alpha value is -1.22. The summed E-state index contributed by atoms with van der Waals surface area (Å²) < 4.78 is 12.7. The minimum absolute atomic E-state index is 0.111. The Balaban J connectivity index is 3.20. The van der Waals surface area contributed by atoms with Crippen LogP contribution in [0.1, 0.15) is 28.2 Å². The van der Waals surface area contributed by atoms with E-state index in [0.29, 0.717) is 11.8 Å². The van der Waals surface area contributed by atoms with Crippen molar-refractivity contribution in [2.24, 2.45) is 0 Å². The lowest BCUT2D eigenvalue weighted by molar-refractivity contribution is -0.116. The third-order valence-corrected chi connectivity index (χ3v) is 2.35. The van der Waals surface area contributed by atoms with Crippen molar-refractivity contribution in [3.05, 3.63) is 35.1 Å². The molecule has 4 heteroatoms. The fraction of sp³-hybridized carbons (Fsp3) is 0.200. The standard InChI is InChI=1S/C10H8ClFO2/c1-6(14)10(11)9-3-2-8(12)4-7(9)5-13/h2-5,10H,1H3. The van der Waals surface area contributed by atoms with Crippen molar-refractivity contribution in [1.29, 1.82) is 0 Å². The maximum Gasteiger partial charge on any atom is 0.152 e. The second-order valence-corrected chi connectivity index (χ2v) is 3.30. The zero-order valence-electron chi connectivity index (χ0n) is 7.46. The number of ketones is 1. The number of alkyl halides is 1. The Labute approximate surface area is 85.7 Å². The highest BCUT2D eigenvalue weighted by atomic mass is 35.5.